The maximum Gasteiger partial charge on any atom is 0.336 e. The molecule has 3 nitrogen and oxygen atoms in total. The molecule has 0 bridgehead atoms. The lowest BCUT2D eigenvalue weighted by Gasteiger charge is -2.16. The van der Waals surface area contributed by atoms with Gasteiger partial charge in [0.15, 0.2) is 5.60 Å². The minimum atomic E-state index is -1.64. The fourth-order valence-electron chi connectivity index (χ4n) is 0.619. The van der Waals surface area contributed by atoms with Gasteiger partial charge in [0.1, 0.15) is 0 Å². The molecule has 0 fully saturated rings. The predicted molar refractivity (Wildman–Crippen MR) is 53.3 cm³/mol. The normalized spacial score (nSPS) is 15.2. The van der Waals surface area contributed by atoms with Crippen molar-refractivity contribution >= 4 is 29.1 Å². The predicted octanol–water partition coefficient (Wildman–Crippen LogP) is 1.68. The summed E-state index contributed by atoms with van der Waals surface area (Å²) in [6.07, 6.45) is 0. The van der Waals surface area contributed by atoms with E-state index < -0.39 is 11.6 Å². The largest absolute Gasteiger partial charge is 0.479 e. The lowest BCUT2D eigenvalue weighted by atomic mass is 10.1. The maximum atomic E-state index is 10.5. The second-order valence-corrected chi connectivity index (χ2v) is 5.02. The van der Waals surface area contributed by atoms with Crippen LogP contribution in [0.2, 0.25) is 0 Å². The summed E-state index contributed by atoms with van der Waals surface area (Å²) in [6.45, 7) is 1.30. The molecule has 5 heteroatoms. The van der Waals surface area contributed by atoms with Gasteiger partial charge in [-0.05, 0) is 18.4 Å². The minimum absolute atomic E-state index is 0.169. The molecule has 0 saturated carbocycles. The number of aliphatic carboxylic acids is 1. The third-order valence-electron chi connectivity index (χ3n) is 1.45. The zero-order valence-corrected chi connectivity index (χ0v) is 8.69. The summed E-state index contributed by atoms with van der Waals surface area (Å²) in [6, 6.07) is 3.79. The van der Waals surface area contributed by atoms with Gasteiger partial charge < -0.3 is 10.2 Å². The van der Waals surface area contributed by atoms with Gasteiger partial charge in [0.05, 0.1) is 4.21 Å². The molecule has 0 radical (unpaired) electrons. The van der Waals surface area contributed by atoms with Crippen LogP contribution >= 0.6 is 23.1 Å². The summed E-state index contributed by atoms with van der Waals surface area (Å²) in [5.74, 6) is -1.01. The Morgan fingerprint density at radius 3 is 2.92 bits per heavy atom. The van der Waals surface area contributed by atoms with Crippen molar-refractivity contribution in [3.63, 3.8) is 0 Å². The van der Waals surface area contributed by atoms with E-state index in [0.29, 0.717) is 0 Å². The maximum absolute atomic E-state index is 10.5. The zero-order chi connectivity index (χ0) is 9.90. The van der Waals surface area contributed by atoms with Crippen LogP contribution in [0, 0.1) is 0 Å². The van der Waals surface area contributed by atoms with Gasteiger partial charge in [0.25, 0.3) is 0 Å². The van der Waals surface area contributed by atoms with Gasteiger partial charge in [0.2, 0.25) is 0 Å². The highest BCUT2D eigenvalue weighted by atomic mass is 32.2. The fourth-order valence-corrected chi connectivity index (χ4v) is 2.40. The molecule has 1 unspecified atom stereocenters. The van der Waals surface area contributed by atoms with E-state index in [1.165, 1.54) is 30.0 Å². The number of hydrogen-bond donors (Lipinski definition) is 2. The summed E-state index contributed by atoms with van der Waals surface area (Å²) in [7, 11) is 0. The molecule has 0 spiro atoms. The van der Waals surface area contributed by atoms with Crippen molar-refractivity contribution < 1.29 is 15.0 Å². The van der Waals surface area contributed by atoms with Gasteiger partial charge in [-0.1, -0.05) is 6.07 Å². The molecular weight excluding hydrogens is 208 g/mol. The Labute approximate surface area is 84.4 Å². The van der Waals surface area contributed by atoms with Crippen LogP contribution in [0.25, 0.3) is 0 Å². The Morgan fingerprint density at radius 1 is 1.77 bits per heavy atom. The number of thiophene rings is 1. The van der Waals surface area contributed by atoms with Crippen molar-refractivity contribution in [1.29, 1.82) is 0 Å². The van der Waals surface area contributed by atoms with E-state index >= 15 is 0 Å². The summed E-state index contributed by atoms with van der Waals surface area (Å²) in [5, 5.41) is 19.9. The average molecular weight is 218 g/mol. The van der Waals surface area contributed by atoms with Gasteiger partial charge in [-0.25, -0.2) is 4.79 Å². The first kappa shape index (κ1) is 10.6. The van der Waals surface area contributed by atoms with E-state index in [4.69, 9.17) is 5.11 Å². The second kappa shape index (κ2) is 4.13. The van der Waals surface area contributed by atoms with E-state index in [-0.39, 0.29) is 5.75 Å². The van der Waals surface area contributed by atoms with E-state index in [1.54, 1.807) is 0 Å². The number of thioether (sulfide) groups is 1. The number of carboxylic acids is 1. The highest BCUT2D eigenvalue weighted by molar-refractivity contribution is 8.01. The average Bonchev–Trinajstić information content (AvgIpc) is 2.52. The van der Waals surface area contributed by atoms with Crippen LogP contribution in [-0.4, -0.2) is 27.5 Å². The molecular formula is C8H10O3S2. The highest BCUT2D eigenvalue weighted by Gasteiger charge is 2.29. The molecule has 1 rings (SSSR count). The second-order valence-electron chi connectivity index (χ2n) is 2.80. The highest BCUT2D eigenvalue weighted by Crippen LogP contribution is 2.26. The minimum Gasteiger partial charge on any atom is -0.479 e. The molecule has 13 heavy (non-hydrogen) atoms. The molecule has 1 atom stereocenters. The van der Waals surface area contributed by atoms with Crippen LogP contribution in [0.1, 0.15) is 6.92 Å². The number of carboxylic acid groups (broad SMARTS) is 1. The molecule has 72 valence electrons. The lowest BCUT2D eigenvalue weighted by molar-refractivity contribution is -0.154. The van der Waals surface area contributed by atoms with Crippen LogP contribution < -0.4 is 0 Å². The van der Waals surface area contributed by atoms with Gasteiger partial charge in [-0.15, -0.1) is 23.1 Å². The molecule has 0 aliphatic rings. The van der Waals surface area contributed by atoms with Crippen molar-refractivity contribution in [3.8, 4) is 0 Å². The molecule has 1 heterocycles. The van der Waals surface area contributed by atoms with Crippen LogP contribution in [-0.2, 0) is 4.79 Å². The van der Waals surface area contributed by atoms with Gasteiger partial charge in [0, 0.05) is 5.75 Å². The van der Waals surface area contributed by atoms with Crippen molar-refractivity contribution in [2.24, 2.45) is 0 Å². The Morgan fingerprint density at radius 2 is 2.46 bits per heavy atom. The Hall–Kier alpha value is -0.520. The molecule has 2 N–H and O–H groups in total. The fraction of sp³-hybridized carbons (Fsp3) is 0.375. The Balaban J connectivity index is 2.47. The standard InChI is InChI=1S/C8H10O3S2/c1-8(11,7(9)10)5-13-6-3-2-4-12-6/h2-4,11H,5H2,1H3,(H,9,10). The number of hydrogen-bond acceptors (Lipinski definition) is 4. The van der Waals surface area contributed by atoms with E-state index in [1.807, 2.05) is 17.5 Å². The number of rotatable bonds is 4. The quantitative estimate of drug-likeness (QED) is 0.755. The van der Waals surface area contributed by atoms with Gasteiger partial charge in [-0.2, -0.15) is 0 Å². The van der Waals surface area contributed by atoms with Crippen LogP contribution in [0.5, 0.6) is 0 Å². The summed E-state index contributed by atoms with van der Waals surface area (Å²) >= 11 is 2.88. The van der Waals surface area contributed by atoms with Gasteiger partial charge in [-0.3, -0.25) is 0 Å². The zero-order valence-electron chi connectivity index (χ0n) is 7.06. The smallest absolute Gasteiger partial charge is 0.336 e. The number of aliphatic hydroxyl groups is 1. The van der Waals surface area contributed by atoms with E-state index in [0.717, 1.165) is 4.21 Å². The molecule has 0 saturated heterocycles. The SMILES string of the molecule is CC(O)(CSc1cccs1)C(=O)O. The van der Waals surface area contributed by atoms with Crippen LogP contribution in [0.15, 0.2) is 21.7 Å². The summed E-state index contributed by atoms with van der Waals surface area (Å²) in [4.78, 5) is 10.5. The van der Waals surface area contributed by atoms with Crippen molar-refractivity contribution in [1.82, 2.24) is 0 Å². The first-order chi connectivity index (χ1) is 6.02. The monoisotopic (exact) mass is 218 g/mol. The first-order valence-electron chi connectivity index (χ1n) is 3.64. The molecule has 0 amide bonds. The summed E-state index contributed by atoms with van der Waals surface area (Å²) < 4.78 is 1.02. The molecule has 1 aromatic rings. The topological polar surface area (TPSA) is 57.5 Å². The van der Waals surface area contributed by atoms with Crippen molar-refractivity contribution in [2.75, 3.05) is 5.75 Å². The Kier molecular flexibility index (Phi) is 3.35. The van der Waals surface area contributed by atoms with Crippen molar-refractivity contribution in [2.45, 2.75) is 16.7 Å². The van der Waals surface area contributed by atoms with Crippen molar-refractivity contribution in [3.05, 3.63) is 17.5 Å². The number of carbonyl (C=O) groups is 1. The third-order valence-corrected chi connectivity index (χ3v) is 3.88. The molecule has 1 aromatic heterocycles. The molecule has 0 aliphatic heterocycles. The molecule has 0 aromatic carbocycles. The summed E-state index contributed by atoms with van der Waals surface area (Å²) in [5.41, 5.74) is -1.64. The molecule has 0 aliphatic carbocycles. The third kappa shape index (κ3) is 3.02. The van der Waals surface area contributed by atoms with Gasteiger partial charge >= 0.3 is 5.97 Å². The Bertz CT molecular complexity index is 280. The van der Waals surface area contributed by atoms with E-state index in [2.05, 4.69) is 0 Å². The first-order valence-corrected chi connectivity index (χ1v) is 5.51. The van der Waals surface area contributed by atoms with E-state index in [9.17, 15) is 9.90 Å². The lowest BCUT2D eigenvalue weighted by Crippen LogP contribution is -2.37. The van der Waals surface area contributed by atoms with Crippen LogP contribution in [0.4, 0.5) is 0 Å². The van der Waals surface area contributed by atoms with Crippen LogP contribution in [0.3, 0.4) is 0 Å².